The van der Waals surface area contributed by atoms with Gasteiger partial charge in [-0.3, -0.25) is 0 Å². The Morgan fingerprint density at radius 3 is 1.39 bits per heavy atom. The third-order valence-electron chi connectivity index (χ3n) is 5.62. The van der Waals surface area contributed by atoms with Crippen LogP contribution in [0.15, 0.2) is 54.6 Å². The van der Waals surface area contributed by atoms with E-state index in [-0.39, 0.29) is 0 Å². The van der Waals surface area contributed by atoms with E-state index in [2.05, 4.69) is 112 Å². The van der Waals surface area contributed by atoms with Crippen molar-refractivity contribution in [2.24, 2.45) is 0 Å². The maximum absolute atomic E-state index is 2.48. The first-order chi connectivity index (χ1) is 14.8. The van der Waals surface area contributed by atoms with Crippen LogP contribution in [0.25, 0.3) is 0 Å². The van der Waals surface area contributed by atoms with Gasteiger partial charge in [0.05, 0.1) is 0 Å². The van der Waals surface area contributed by atoms with Crippen LogP contribution in [-0.4, -0.2) is 17.7 Å². The quantitative estimate of drug-likeness (QED) is 0.306. The number of aryl methyl sites for hydroxylation is 6. The van der Waals surface area contributed by atoms with E-state index in [1.54, 1.807) is 0 Å². The molecule has 1 fully saturated rings. The molecule has 3 aromatic carbocycles. The van der Waals surface area contributed by atoms with Gasteiger partial charge in [-0.15, -0.1) is 0 Å². The second kappa shape index (κ2) is 10.4. The van der Waals surface area contributed by atoms with Crippen LogP contribution in [0, 0.1) is 48.2 Å². The summed E-state index contributed by atoms with van der Waals surface area (Å²) in [4.78, 5) is 4.81. The van der Waals surface area contributed by atoms with E-state index < -0.39 is 0 Å². The molecule has 0 bridgehead atoms. The molecule has 0 aliphatic carbocycles. The molecule has 163 valence electrons. The van der Waals surface area contributed by atoms with E-state index in [9.17, 15) is 0 Å². The van der Waals surface area contributed by atoms with E-state index in [1.165, 1.54) is 50.3 Å². The summed E-state index contributed by atoms with van der Waals surface area (Å²) in [5.74, 6) is 0. The molecule has 0 spiro atoms. The van der Waals surface area contributed by atoms with Crippen molar-refractivity contribution in [3.05, 3.63) is 100 Å². The number of rotatable bonds is 3. The van der Waals surface area contributed by atoms with Crippen molar-refractivity contribution in [3.8, 4) is 0 Å². The van der Waals surface area contributed by atoms with Crippen LogP contribution in [0.3, 0.4) is 0 Å². The third-order valence-corrected chi connectivity index (χ3v) is 6.20. The Labute approximate surface area is 198 Å². The first-order valence-electron chi connectivity index (χ1n) is 10.8. The molecule has 2 nitrogen and oxygen atoms in total. The standard InChI is InChI=1S/C21H27N2.C7H6.Ru/c1-14-9-16(3)20(17(4)10-14)22-7-8-23(13-22)21-18(5)11-15(2)12-19(21)6;1-7-5-3-2-4-6-7;/h9-13H,7-8H2,1-6H3;1-6H;/q-1;;+1. The van der Waals surface area contributed by atoms with Gasteiger partial charge < -0.3 is 9.80 Å². The molecule has 1 heterocycles. The number of anilines is 2. The SMILES string of the molecule is Cc1cc(C)c(N2[CH-]N(c3c(C)cc(C)cc3C)CC2)c(C)c1.[Ru+]=[CH]c1ccccc1. The zero-order valence-electron chi connectivity index (χ0n) is 19.5. The number of hydrogen-bond acceptors (Lipinski definition) is 2. The molecule has 31 heavy (non-hydrogen) atoms. The van der Waals surface area contributed by atoms with Gasteiger partial charge in [-0.2, -0.15) is 6.67 Å². The first-order valence-corrected chi connectivity index (χ1v) is 11.8. The Hall–Kier alpha value is -2.25. The summed E-state index contributed by atoms with van der Waals surface area (Å²) in [5, 5.41) is 0. The molecule has 0 amide bonds. The molecule has 0 unspecified atom stereocenters. The summed E-state index contributed by atoms with van der Waals surface area (Å²) in [6.07, 6.45) is 0. The number of nitrogens with zero attached hydrogens (tertiary/aromatic N) is 2. The summed E-state index contributed by atoms with van der Waals surface area (Å²) < 4.78 is 2.01. The van der Waals surface area contributed by atoms with E-state index in [0.29, 0.717) is 0 Å². The average Bonchev–Trinajstić information content (AvgIpc) is 3.16. The summed E-state index contributed by atoms with van der Waals surface area (Å²) in [6, 6.07) is 19.3. The van der Waals surface area contributed by atoms with E-state index >= 15 is 0 Å². The summed E-state index contributed by atoms with van der Waals surface area (Å²) in [6.45, 7) is 17.6. The minimum absolute atomic E-state index is 1.04. The van der Waals surface area contributed by atoms with Crippen LogP contribution in [0.5, 0.6) is 0 Å². The second-order valence-electron chi connectivity index (χ2n) is 8.51. The molecular weight excluding hydrogens is 465 g/mol. The molecule has 0 atom stereocenters. The van der Waals surface area contributed by atoms with Gasteiger partial charge in [0.1, 0.15) is 0 Å². The molecule has 1 aliphatic heterocycles. The maximum atomic E-state index is 2.48. The van der Waals surface area contributed by atoms with Crippen LogP contribution < -0.4 is 9.80 Å². The predicted octanol–water partition coefficient (Wildman–Crippen LogP) is 6.37. The summed E-state index contributed by atoms with van der Waals surface area (Å²) >= 11 is 2.48. The van der Waals surface area contributed by atoms with Crippen LogP contribution in [0.1, 0.15) is 38.9 Å². The van der Waals surface area contributed by atoms with Crippen LogP contribution in [-0.2, 0) is 17.9 Å². The Bertz CT molecular complexity index is 946. The van der Waals surface area contributed by atoms with Crippen molar-refractivity contribution in [3.63, 3.8) is 0 Å². The van der Waals surface area contributed by atoms with Gasteiger partial charge in [-0.1, -0.05) is 35.4 Å². The van der Waals surface area contributed by atoms with Crippen LogP contribution in [0.2, 0.25) is 0 Å². The zero-order chi connectivity index (χ0) is 22.5. The molecule has 1 aliphatic rings. The molecular formula is C28H33N2Ru. The van der Waals surface area contributed by atoms with Gasteiger partial charge >= 0.3 is 58.4 Å². The molecule has 0 aromatic heterocycles. The van der Waals surface area contributed by atoms with Crippen LogP contribution >= 0.6 is 0 Å². The van der Waals surface area contributed by atoms with Gasteiger partial charge in [0.25, 0.3) is 0 Å². The van der Waals surface area contributed by atoms with Crippen molar-refractivity contribution < 1.29 is 17.9 Å². The summed E-state index contributed by atoms with van der Waals surface area (Å²) in [5.41, 5.74) is 12.1. The fourth-order valence-corrected chi connectivity index (χ4v) is 4.94. The molecule has 0 radical (unpaired) electrons. The van der Waals surface area contributed by atoms with Crippen molar-refractivity contribution in [1.82, 2.24) is 0 Å². The number of benzene rings is 3. The van der Waals surface area contributed by atoms with Crippen molar-refractivity contribution in [1.29, 1.82) is 0 Å². The molecule has 0 saturated carbocycles. The fraction of sp³-hybridized carbons (Fsp3) is 0.286. The van der Waals surface area contributed by atoms with Gasteiger partial charge in [0, 0.05) is 24.5 Å². The van der Waals surface area contributed by atoms with E-state index in [0.717, 1.165) is 13.1 Å². The Kier molecular flexibility index (Phi) is 7.84. The van der Waals surface area contributed by atoms with Crippen LogP contribution in [0.4, 0.5) is 11.4 Å². The predicted molar refractivity (Wildman–Crippen MR) is 132 cm³/mol. The average molecular weight is 499 g/mol. The molecule has 1 saturated heterocycles. The fourth-order valence-electron chi connectivity index (χ4n) is 4.61. The second-order valence-corrected chi connectivity index (χ2v) is 9.01. The summed E-state index contributed by atoms with van der Waals surface area (Å²) in [7, 11) is 0. The zero-order valence-corrected chi connectivity index (χ0v) is 21.3. The number of hydrogen-bond donors (Lipinski definition) is 0. The monoisotopic (exact) mass is 499 g/mol. The van der Waals surface area contributed by atoms with Crippen molar-refractivity contribution >= 4 is 16.0 Å². The Balaban J connectivity index is 0.000000287. The molecule has 4 rings (SSSR count). The third kappa shape index (κ3) is 5.71. The minimum atomic E-state index is 1.04. The molecule has 0 N–H and O–H groups in total. The molecule has 3 aromatic rings. The van der Waals surface area contributed by atoms with Gasteiger partial charge in [0.15, 0.2) is 0 Å². The van der Waals surface area contributed by atoms with E-state index in [1.807, 2.05) is 22.8 Å². The van der Waals surface area contributed by atoms with Crippen molar-refractivity contribution in [2.45, 2.75) is 41.5 Å². The van der Waals surface area contributed by atoms with Gasteiger partial charge in [-0.25, -0.2) is 0 Å². The normalized spacial score (nSPS) is 13.1. The Morgan fingerprint density at radius 2 is 1.06 bits per heavy atom. The van der Waals surface area contributed by atoms with Gasteiger partial charge in [-0.05, 0) is 63.8 Å². The Morgan fingerprint density at radius 1 is 0.677 bits per heavy atom. The topological polar surface area (TPSA) is 6.48 Å². The first kappa shape index (κ1) is 23.4. The van der Waals surface area contributed by atoms with Crippen molar-refractivity contribution in [2.75, 3.05) is 22.9 Å². The van der Waals surface area contributed by atoms with E-state index in [4.69, 9.17) is 0 Å². The molecule has 3 heteroatoms. The van der Waals surface area contributed by atoms with Gasteiger partial charge in [0.2, 0.25) is 0 Å².